The molecule has 1 fully saturated rings. The van der Waals surface area contributed by atoms with E-state index in [0.717, 1.165) is 18.9 Å². The molecule has 1 aromatic rings. The fourth-order valence-electron chi connectivity index (χ4n) is 1.68. The zero-order valence-electron chi connectivity index (χ0n) is 9.96. The lowest BCUT2D eigenvalue weighted by Gasteiger charge is -2.15. The molecule has 0 heterocycles. The van der Waals surface area contributed by atoms with Crippen molar-refractivity contribution in [2.45, 2.75) is 37.6 Å². The van der Waals surface area contributed by atoms with E-state index in [0.29, 0.717) is 0 Å². The van der Waals surface area contributed by atoms with E-state index in [4.69, 9.17) is 0 Å². The Bertz CT molecular complexity index is 421. The third kappa shape index (κ3) is 3.23. The zero-order valence-corrected chi connectivity index (χ0v) is 11.0. The molecule has 16 heavy (non-hydrogen) atoms. The molecule has 84 valence electrons. The van der Waals surface area contributed by atoms with Crippen molar-refractivity contribution >= 4 is 8.07 Å². The maximum Gasteiger partial charge on any atom is 0.136 e. The molecule has 0 bridgehead atoms. The zero-order chi connectivity index (χ0) is 11.6. The Labute approximate surface area is 98.5 Å². The largest absolute Gasteiger partial charge is 0.378 e. The quantitative estimate of drug-likeness (QED) is 0.611. The van der Waals surface area contributed by atoms with Gasteiger partial charge in [0.15, 0.2) is 0 Å². The molecule has 1 aliphatic rings. The van der Waals surface area contributed by atoms with Gasteiger partial charge >= 0.3 is 0 Å². The summed E-state index contributed by atoms with van der Waals surface area (Å²) in [6.07, 6.45) is 1.71. The van der Waals surface area contributed by atoms with Crippen LogP contribution in [0.5, 0.6) is 0 Å². The molecule has 0 unspecified atom stereocenters. The van der Waals surface area contributed by atoms with E-state index < -0.39 is 13.7 Å². The number of aliphatic hydroxyl groups is 1. The van der Waals surface area contributed by atoms with Crippen LogP contribution in [0.25, 0.3) is 0 Å². The summed E-state index contributed by atoms with van der Waals surface area (Å²) in [6.45, 7) is 4.53. The molecule has 1 aliphatic carbocycles. The van der Waals surface area contributed by atoms with Crippen molar-refractivity contribution in [3.05, 3.63) is 35.9 Å². The summed E-state index contributed by atoms with van der Waals surface area (Å²) < 4.78 is 0. The molecule has 0 saturated heterocycles. The fraction of sp³-hybridized carbons (Fsp3) is 0.429. The Hall–Kier alpha value is -1.04. The SMILES string of the molecule is C[Si](C)(C#CC1(O)CC1)Cc1ccccc1. The number of hydrogen-bond acceptors (Lipinski definition) is 1. The molecule has 1 N–H and O–H groups in total. The first kappa shape index (κ1) is 11.4. The van der Waals surface area contributed by atoms with Gasteiger partial charge in [-0.15, -0.1) is 5.54 Å². The number of rotatable bonds is 2. The van der Waals surface area contributed by atoms with E-state index in [1.165, 1.54) is 5.56 Å². The minimum absolute atomic E-state index is 0.624. The van der Waals surface area contributed by atoms with Crippen molar-refractivity contribution in [3.63, 3.8) is 0 Å². The molecule has 1 nitrogen and oxygen atoms in total. The second-order valence-electron chi connectivity index (χ2n) is 5.33. The van der Waals surface area contributed by atoms with Gasteiger partial charge in [0.2, 0.25) is 0 Å². The lowest BCUT2D eigenvalue weighted by Crippen LogP contribution is -2.28. The van der Waals surface area contributed by atoms with E-state index in [2.05, 4.69) is 48.8 Å². The van der Waals surface area contributed by atoms with Crippen LogP contribution in [0.4, 0.5) is 0 Å². The van der Waals surface area contributed by atoms with Crippen molar-refractivity contribution in [2.24, 2.45) is 0 Å². The lowest BCUT2D eigenvalue weighted by molar-refractivity contribution is 0.212. The Morgan fingerprint density at radius 2 is 1.88 bits per heavy atom. The summed E-state index contributed by atoms with van der Waals surface area (Å²) in [4.78, 5) is 0. The molecule has 2 heteroatoms. The molecular formula is C14H18OSi. The maximum absolute atomic E-state index is 9.71. The average molecular weight is 230 g/mol. The average Bonchev–Trinajstić information content (AvgIpc) is 2.96. The van der Waals surface area contributed by atoms with Crippen molar-refractivity contribution in [3.8, 4) is 11.5 Å². The fourth-order valence-corrected chi connectivity index (χ4v) is 3.60. The number of benzene rings is 1. The normalized spacial score (nSPS) is 17.4. The summed E-state index contributed by atoms with van der Waals surface area (Å²) in [5.41, 5.74) is 4.08. The molecule has 1 saturated carbocycles. The van der Waals surface area contributed by atoms with Crippen molar-refractivity contribution in [2.75, 3.05) is 0 Å². The predicted octanol–water partition coefficient (Wildman–Crippen LogP) is 2.54. The van der Waals surface area contributed by atoms with Crippen molar-refractivity contribution < 1.29 is 5.11 Å². The molecule has 0 radical (unpaired) electrons. The van der Waals surface area contributed by atoms with E-state index in [-0.39, 0.29) is 0 Å². The second kappa shape index (κ2) is 4.08. The maximum atomic E-state index is 9.71. The summed E-state index contributed by atoms with van der Waals surface area (Å²) in [7, 11) is -1.54. The third-order valence-electron chi connectivity index (χ3n) is 2.85. The Balaban J connectivity index is 2.04. The Morgan fingerprint density at radius 3 is 2.44 bits per heavy atom. The minimum atomic E-state index is -1.54. The van der Waals surface area contributed by atoms with Crippen LogP contribution in [0, 0.1) is 11.5 Å². The van der Waals surface area contributed by atoms with Gasteiger partial charge in [0.25, 0.3) is 0 Å². The van der Waals surface area contributed by atoms with Gasteiger partial charge < -0.3 is 5.11 Å². The predicted molar refractivity (Wildman–Crippen MR) is 69.6 cm³/mol. The van der Waals surface area contributed by atoms with Crippen LogP contribution in [-0.2, 0) is 6.04 Å². The molecule has 0 aliphatic heterocycles. The molecule has 0 aromatic heterocycles. The first-order chi connectivity index (χ1) is 7.49. The highest BCUT2D eigenvalue weighted by atomic mass is 28.3. The molecule has 0 spiro atoms. The van der Waals surface area contributed by atoms with Crippen LogP contribution in [0.1, 0.15) is 18.4 Å². The van der Waals surface area contributed by atoms with Gasteiger partial charge in [-0.3, -0.25) is 0 Å². The van der Waals surface area contributed by atoms with E-state index in [1.807, 2.05) is 6.07 Å². The van der Waals surface area contributed by atoms with Gasteiger partial charge in [0.05, 0.1) is 0 Å². The molecular weight excluding hydrogens is 212 g/mol. The third-order valence-corrected chi connectivity index (χ3v) is 4.94. The standard InChI is InChI=1S/C14H18OSi/c1-16(2,11-10-14(15)8-9-14)12-13-6-4-3-5-7-13/h3-7,15H,8-9,12H2,1-2H3. The first-order valence-corrected chi connectivity index (χ1v) is 9.01. The summed E-state index contributed by atoms with van der Waals surface area (Å²) in [6, 6.07) is 11.6. The highest BCUT2D eigenvalue weighted by Crippen LogP contribution is 2.34. The van der Waals surface area contributed by atoms with Gasteiger partial charge in [-0.2, -0.15) is 0 Å². The highest BCUT2D eigenvalue weighted by molar-refractivity contribution is 6.84. The Kier molecular flexibility index (Phi) is 2.92. The minimum Gasteiger partial charge on any atom is -0.378 e. The Morgan fingerprint density at radius 1 is 1.25 bits per heavy atom. The monoisotopic (exact) mass is 230 g/mol. The van der Waals surface area contributed by atoms with E-state index in [1.54, 1.807) is 0 Å². The molecule has 0 amide bonds. The van der Waals surface area contributed by atoms with Gasteiger partial charge in [-0.05, 0) is 24.4 Å². The van der Waals surface area contributed by atoms with Crippen molar-refractivity contribution in [1.82, 2.24) is 0 Å². The smallest absolute Gasteiger partial charge is 0.136 e. The molecule has 0 atom stereocenters. The van der Waals surface area contributed by atoms with E-state index >= 15 is 0 Å². The molecule has 1 aromatic carbocycles. The van der Waals surface area contributed by atoms with Crippen LogP contribution >= 0.6 is 0 Å². The van der Waals surface area contributed by atoms with Gasteiger partial charge in [-0.1, -0.05) is 49.3 Å². The van der Waals surface area contributed by atoms with E-state index in [9.17, 15) is 5.11 Å². The van der Waals surface area contributed by atoms with Crippen LogP contribution < -0.4 is 0 Å². The lowest BCUT2D eigenvalue weighted by atomic mass is 10.2. The summed E-state index contributed by atoms with van der Waals surface area (Å²) >= 11 is 0. The first-order valence-electron chi connectivity index (χ1n) is 5.80. The van der Waals surface area contributed by atoms with Crippen LogP contribution in [-0.4, -0.2) is 18.8 Å². The summed E-state index contributed by atoms with van der Waals surface area (Å²) in [5, 5.41) is 9.71. The van der Waals surface area contributed by atoms with Gasteiger partial charge in [0, 0.05) is 0 Å². The topological polar surface area (TPSA) is 20.2 Å². The van der Waals surface area contributed by atoms with Crippen LogP contribution in [0.3, 0.4) is 0 Å². The van der Waals surface area contributed by atoms with Gasteiger partial charge in [0.1, 0.15) is 13.7 Å². The van der Waals surface area contributed by atoms with Crippen LogP contribution in [0.15, 0.2) is 30.3 Å². The summed E-state index contributed by atoms with van der Waals surface area (Å²) in [5.74, 6) is 3.06. The van der Waals surface area contributed by atoms with Crippen LogP contribution in [0.2, 0.25) is 13.1 Å². The highest BCUT2D eigenvalue weighted by Gasteiger charge is 2.38. The molecule has 2 rings (SSSR count). The van der Waals surface area contributed by atoms with Gasteiger partial charge in [-0.25, -0.2) is 0 Å². The van der Waals surface area contributed by atoms with Crippen molar-refractivity contribution in [1.29, 1.82) is 0 Å². The second-order valence-corrected chi connectivity index (χ2v) is 9.70. The number of hydrogen-bond donors (Lipinski definition) is 1.